The highest BCUT2D eigenvalue weighted by atomic mass is 32.2. The average Bonchev–Trinajstić information content (AvgIpc) is 2.62. The van der Waals surface area contributed by atoms with Crippen molar-refractivity contribution in [1.29, 1.82) is 5.26 Å². The zero-order chi connectivity index (χ0) is 14.2. The maximum atomic E-state index is 11.4. The summed E-state index contributed by atoms with van der Waals surface area (Å²) in [6.45, 7) is 1.76. The fourth-order valence-corrected chi connectivity index (χ4v) is 3.23. The first-order valence-corrected chi connectivity index (χ1v) is 7.74. The molecule has 7 heteroatoms. The van der Waals surface area contributed by atoms with Crippen LogP contribution in [-0.4, -0.2) is 30.0 Å². The Morgan fingerprint density at radius 2 is 2.21 bits per heavy atom. The molecule has 1 aromatic heterocycles. The van der Waals surface area contributed by atoms with Gasteiger partial charge in [-0.15, -0.1) is 0 Å². The lowest BCUT2D eigenvalue weighted by molar-refractivity contribution is 0.571. The van der Waals surface area contributed by atoms with E-state index in [-0.39, 0.29) is 17.7 Å². The summed E-state index contributed by atoms with van der Waals surface area (Å²) in [6.07, 6.45) is 1.18. The van der Waals surface area contributed by atoms with Crippen LogP contribution in [0.5, 0.6) is 0 Å². The number of nitrogens with two attached hydrogens (primary N) is 1. The van der Waals surface area contributed by atoms with Gasteiger partial charge in [0.25, 0.3) is 0 Å². The Kier molecular flexibility index (Phi) is 3.20. The van der Waals surface area contributed by atoms with Crippen LogP contribution in [0.25, 0.3) is 11.0 Å². The van der Waals surface area contributed by atoms with Gasteiger partial charge in [0.05, 0.1) is 16.8 Å². The molecule has 0 aliphatic heterocycles. The number of nitriles is 1. The Labute approximate surface area is 111 Å². The summed E-state index contributed by atoms with van der Waals surface area (Å²) in [5, 5.41) is 9.02. The normalized spacial score (nSPS) is 13.3. The third-order valence-electron chi connectivity index (χ3n) is 2.85. The highest BCUT2D eigenvalue weighted by Gasteiger charge is 2.19. The molecular weight excluding hydrogens is 264 g/mol. The minimum absolute atomic E-state index is 0.0283. The van der Waals surface area contributed by atoms with Gasteiger partial charge in [-0.3, -0.25) is 0 Å². The highest BCUT2D eigenvalue weighted by molar-refractivity contribution is 7.90. The van der Waals surface area contributed by atoms with Gasteiger partial charge in [0.1, 0.15) is 21.4 Å². The quantitative estimate of drug-likeness (QED) is 0.905. The van der Waals surface area contributed by atoms with Crippen molar-refractivity contribution in [1.82, 2.24) is 9.55 Å². The van der Waals surface area contributed by atoms with E-state index in [9.17, 15) is 8.42 Å². The topological polar surface area (TPSA) is 102 Å². The number of sulfone groups is 1. The molecule has 1 atom stereocenters. The molecule has 6 nitrogen and oxygen atoms in total. The van der Waals surface area contributed by atoms with Crippen LogP contribution < -0.4 is 5.73 Å². The predicted octanol–water partition coefficient (Wildman–Crippen LogP) is 1.10. The van der Waals surface area contributed by atoms with E-state index in [4.69, 9.17) is 11.0 Å². The van der Waals surface area contributed by atoms with E-state index in [1.807, 2.05) is 6.07 Å². The summed E-state index contributed by atoms with van der Waals surface area (Å²) in [7, 11) is -3.12. The number of rotatable bonds is 3. The number of hydrogen-bond acceptors (Lipinski definition) is 5. The molecule has 2 aromatic rings. The molecule has 0 aliphatic carbocycles. The number of anilines is 1. The molecule has 0 aliphatic rings. The molecule has 0 amide bonds. The van der Waals surface area contributed by atoms with Crippen molar-refractivity contribution in [3.8, 4) is 6.07 Å². The number of benzene rings is 1. The standard InChI is InChI=1S/C12H14N4O2S/c1-8(7-19(2,17)18)16-10-5-3-4-9(6-13)11(10)15-12(16)14/h3-5,8H,7H2,1-2H3,(H2,14,15). The Bertz CT molecular complexity index is 771. The van der Waals surface area contributed by atoms with Crippen LogP contribution in [0, 0.1) is 11.3 Å². The first-order chi connectivity index (χ1) is 8.83. The van der Waals surface area contributed by atoms with E-state index < -0.39 is 9.84 Å². The van der Waals surface area contributed by atoms with Crippen LogP contribution in [0.4, 0.5) is 5.95 Å². The Morgan fingerprint density at radius 3 is 2.79 bits per heavy atom. The van der Waals surface area contributed by atoms with Crippen LogP contribution in [0.2, 0.25) is 0 Å². The second-order valence-electron chi connectivity index (χ2n) is 4.57. The number of aromatic nitrogens is 2. The Morgan fingerprint density at radius 1 is 1.53 bits per heavy atom. The first-order valence-electron chi connectivity index (χ1n) is 5.67. The summed E-state index contributed by atoms with van der Waals surface area (Å²) in [6, 6.07) is 6.87. The molecule has 0 spiro atoms. The maximum Gasteiger partial charge on any atom is 0.201 e. The molecule has 100 valence electrons. The second kappa shape index (κ2) is 4.55. The van der Waals surface area contributed by atoms with Crippen molar-refractivity contribution < 1.29 is 8.42 Å². The molecule has 1 unspecified atom stereocenters. The van der Waals surface area contributed by atoms with Crippen LogP contribution in [0.15, 0.2) is 18.2 Å². The lowest BCUT2D eigenvalue weighted by Gasteiger charge is -2.14. The summed E-state index contributed by atoms with van der Waals surface area (Å²) in [4.78, 5) is 4.16. The van der Waals surface area contributed by atoms with Gasteiger partial charge >= 0.3 is 0 Å². The minimum Gasteiger partial charge on any atom is -0.369 e. The number of nitrogen functional groups attached to an aromatic ring is 1. The van der Waals surface area contributed by atoms with Crippen molar-refractivity contribution in [2.75, 3.05) is 17.7 Å². The van der Waals surface area contributed by atoms with E-state index >= 15 is 0 Å². The molecule has 2 rings (SSSR count). The Hall–Kier alpha value is -2.07. The zero-order valence-electron chi connectivity index (χ0n) is 10.7. The van der Waals surface area contributed by atoms with E-state index in [0.717, 1.165) is 0 Å². The molecule has 1 aromatic carbocycles. The van der Waals surface area contributed by atoms with Crippen LogP contribution in [-0.2, 0) is 9.84 Å². The highest BCUT2D eigenvalue weighted by Crippen LogP contribution is 2.25. The summed E-state index contributed by atoms with van der Waals surface area (Å²) >= 11 is 0. The molecular formula is C12H14N4O2S. The Balaban J connectivity index is 2.62. The largest absolute Gasteiger partial charge is 0.369 e. The summed E-state index contributed by atoms with van der Waals surface area (Å²) < 4.78 is 24.4. The van der Waals surface area contributed by atoms with E-state index in [1.54, 1.807) is 29.7 Å². The number of para-hydroxylation sites is 1. The monoisotopic (exact) mass is 278 g/mol. The van der Waals surface area contributed by atoms with Crippen molar-refractivity contribution in [3.05, 3.63) is 23.8 Å². The number of imidazole rings is 1. The number of hydrogen-bond donors (Lipinski definition) is 1. The second-order valence-corrected chi connectivity index (χ2v) is 6.75. The number of fused-ring (bicyclic) bond motifs is 1. The SMILES string of the molecule is CC(CS(C)(=O)=O)n1c(N)nc2c(C#N)cccc21. The lowest BCUT2D eigenvalue weighted by Crippen LogP contribution is -2.18. The van der Waals surface area contributed by atoms with E-state index in [0.29, 0.717) is 16.6 Å². The van der Waals surface area contributed by atoms with Gasteiger partial charge in [-0.2, -0.15) is 5.26 Å². The predicted molar refractivity (Wildman–Crippen MR) is 73.3 cm³/mol. The van der Waals surface area contributed by atoms with Crippen molar-refractivity contribution in [2.24, 2.45) is 0 Å². The van der Waals surface area contributed by atoms with Crippen molar-refractivity contribution >= 4 is 26.8 Å². The maximum absolute atomic E-state index is 11.4. The minimum atomic E-state index is -3.12. The third kappa shape index (κ3) is 2.53. The van der Waals surface area contributed by atoms with Gasteiger partial charge in [0.15, 0.2) is 0 Å². The van der Waals surface area contributed by atoms with Crippen LogP contribution in [0.3, 0.4) is 0 Å². The van der Waals surface area contributed by atoms with Gasteiger partial charge in [0.2, 0.25) is 5.95 Å². The van der Waals surface area contributed by atoms with Crippen molar-refractivity contribution in [2.45, 2.75) is 13.0 Å². The molecule has 0 fully saturated rings. The molecule has 0 bridgehead atoms. The van der Waals surface area contributed by atoms with Gasteiger partial charge < -0.3 is 10.3 Å². The fourth-order valence-electron chi connectivity index (χ4n) is 2.20. The average molecular weight is 278 g/mol. The van der Waals surface area contributed by atoms with Crippen LogP contribution >= 0.6 is 0 Å². The zero-order valence-corrected chi connectivity index (χ0v) is 11.5. The molecule has 1 heterocycles. The van der Waals surface area contributed by atoms with Gasteiger partial charge in [-0.1, -0.05) is 6.07 Å². The van der Waals surface area contributed by atoms with Gasteiger partial charge in [-0.05, 0) is 19.1 Å². The molecule has 19 heavy (non-hydrogen) atoms. The molecule has 0 radical (unpaired) electrons. The van der Waals surface area contributed by atoms with E-state index in [2.05, 4.69) is 4.98 Å². The third-order valence-corrected chi connectivity index (χ3v) is 3.94. The van der Waals surface area contributed by atoms with Gasteiger partial charge in [-0.25, -0.2) is 13.4 Å². The fraction of sp³-hybridized carbons (Fsp3) is 0.333. The number of nitrogens with zero attached hydrogens (tertiary/aromatic N) is 3. The smallest absolute Gasteiger partial charge is 0.201 e. The van der Waals surface area contributed by atoms with Crippen molar-refractivity contribution in [3.63, 3.8) is 0 Å². The molecule has 0 saturated carbocycles. The van der Waals surface area contributed by atoms with Crippen LogP contribution in [0.1, 0.15) is 18.5 Å². The lowest BCUT2D eigenvalue weighted by atomic mass is 10.2. The van der Waals surface area contributed by atoms with E-state index in [1.165, 1.54) is 6.26 Å². The van der Waals surface area contributed by atoms with Gasteiger partial charge in [0, 0.05) is 12.3 Å². The molecule has 0 saturated heterocycles. The first kappa shape index (κ1) is 13.4. The molecule has 2 N–H and O–H groups in total. The summed E-state index contributed by atoms with van der Waals surface area (Å²) in [5.74, 6) is 0.188. The summed E-state index contributed by atoms with van der Waals surface area (Å²) in [5.41, 5.74) is 7.45.